The van der Waals surface area contributed by atoms with E-state index in [1.165, 1.54) is 44.9 Å². The zero-order chi connectivity index (χ0) is 25.7. The van der Waals surface area contributed by atoms with Crippen LogP contribution in [0.2, 0.25) is 0 Å². The maximum absolute atomic E-state index is 13.7. The number of fused-ring (bicyclic) bond motifs is 1. The monoisotopic (exact) mass is 520 g/mol. The number of nitrogens with one attached hydrogen (secondary N) is 1. The first-order valence-electron chi connectivity index (χ1n) is 13.6. The molecule has 2 fully saturated rings. The number of nitrogens with two attached hydrogens (primary N) is 1. The molecular formula is C26H44N6O3S. The molecule has 0 radical (unpaired) electrons. The van der Waals surface area contributed by atoms with Crippen LogP contribution in [0, 0.1) is 11.8 Å². The van der Waals surface area contributed by atoms with Crippen LogP contribution in [0.15, 0.2) is 29.1 Å². The highest BCUT2D eigenvalue weighted by Crippen LogP contribution is 2.32. The Bertz CT molecular complexity index is 1150. The molecule has 2 aliphatic rings. The van der Waals surface area contributed by atoms with Gasteiger partial charge in [0.15, 0.2) is 0 Å². The molecule has 202 valence electrons. The van der Waals surface area contributed by atoms with E-state index in [1.807, 2.05) is 47.5 Å². The SMILES string of the molecule is CN(C)CCn1c(=O)n(C2CCN(CC3CCCCCCC3)CC2CNS(N)(=O)=O)c2ccccc21. The number of nitrogens with zero attached hydrogens (tertiary/aromatic N) is 4. The second-order valence-corrected chi connectivity index (χ2v) is 12.5. The lowest BCUT2D eigenvalue weighted by atomic mass is 9.88. The topological polar surface area (TPSA) is 106 Å². The largest absolute Gasteiger partial charge is 0.329 e. The van der Waals surface area contributed by atoms with Gasteiger partial charge in [0.2, 0.25) is 0 Å². The van der Waals surface area contributed by atoms with E-state index in [0.717, 1.165) is 43.6 Å². The number of para-hydroxylation sites is 2. The van der Waals surface area contributed by atoms with Crippen molar-refractivity contribution in [2.75, 3.05) is 46.8 Å². The molecule has 0 amide bonds. The first-order valence-corrected chi connectivity index (χ1v) is 15.1. The zero-order valence-corrected chi connectivity index (χ0v) is 22.8. The molecule has 0 bridgehead atoms. The third-order valence-electron chi connectivity index (χ3n) is 8.04. The Labute approximate surface area is 215 Å². The minimum Gasteiger partial charge on any atom is -0.308 e. The summed E-state index contributed by atoms with van der Waals surface area (Å²) in [6.45, 7) is 4.33. The Balaban J connectivity index is 1.60. The molecule has 1 aromatic carbocycles. The van der Waals surface area contributed by atoms with Crippen molar-refractivity contribution >= 4 is 21.2 Å². The van der Waals surface area contributed by atoms with Gasteiger partial charge in [0, 0.05) is 51.2 Å². The average Bonchev–Trinajstić information content (AvgIpc) is 3.08. The Morgan fingerprint density at radius 3 is 2.36 bits per heavy atom. The van der Waals surface area contributed by atoms with Gasteiger partial charge in [-0.1, -0.05) is 44.2 Å². The number of likely N-dealkylation sites (tertiary alicyclic amines) is 1. The van der Waals surface area contributed by atoms with E-state index in [-0.39, 0.29) is 24.2 Å². The van der Waals surface area contributed by atoms with Crippen LogP contribution >= 0.6 is 0 Å². The highest BCUT2D eigenvalue weighted by Gasteiger charge is 2.34. The summed E-state index contributed by atoms with van der Waals surface area (Å²) in [5, 5.41) is 5.32. The first-order chi connectivity index (χ1) is 17.2. The second kappa shape index (κ2) is 12.2. The number of piperidine rings is 1. The summed E-state index contributed by atoms with van der Waals surface area (Å²) >= 11 is 0. The average molecular weight is 521 g/mol. The Kier molecular flexibility index (Phi) is 9.27. The lowest BCUT2D eigenvalue weighted by Crippen LogP contribution is -2.49. The maximum Gasteiger partial charge on any atom is 0.329 e. The number of likely N-dealkylation sites (N-methyl/N-ethyl adjacent to an activating group) is 1. The summed E-state index contributed by atoms with van der Waals surface area (Å²) in [5.74, 6) is 0.654. The van der Waals surface area contributed by atoms with Crippen LogP contribution in [0.1, 0.15) is 57.4 Å². The van der Waals surface area contributed by atoms with Gasteiger partial charge in [-0.3, -0.25) is 9.13 Å². The van der Waals surface area contributed by atoms with Crippen LogP contribution < -0.4 is 15.6 Å². The van der Waals surface area contributed by atoms with Gasteiger partial charge in [-0.2, -0.15) is 8.42 Å². The van der Waals surface area contributed by atoms with Gasteiger partial charge >= 0.3 is 5.69 Å². The molecule has 10 heteroatoms. The molecule has 1 aromatic heterocycles. The van der Waals surface area contributed by atoms with Crippen molar-refractivity contribution in [1.82, 2.24) is 23.7 Å². The molecule has 9 nitrogen and oxygen atoms in total. The highest BCUT2D eigenvalue weighted by molar-refractivity contribution is 7.87. The zero-order valence-electron chi connectivity index (χ0n) is 21.9. The van der Waals surface area contributed by atoms with E-state index in [2.05, 4.69) is 14.5 Å². The normalized spacial score (nSPS) is 23.2. The fourth-order valence-corrected chi connectivity index (χ4v) is 6.63. The summed E-state index contributed by atoms with van der Waals surface area (Å²) in [5.41, 5.74) is 1.83. The molecule has 2 aromatic rings. The van der Waals surface area contributed by atoms with E-state index in [1.54, 1.807) is 0 Å². The summed E-state index contributed by atoms with van der Waals surface area (Å²) in [6, 6.07) is 7.86. The van der Waals surface area contributed by atoms with E-state index in [4.69, 9.17) is 5.14 Å². The predicted octanol–water partition coefficient (Wildman–Crippen LogP) is 2.38. The summed E-state index contributed by atoms with van der Waals surface area (Å²) in [6.07, 6.45) is 10.00. The van der Waals surface area contributed by atoms with Crippen LogP contribution in [0.4, 0.5) is 0 Å². The molecular weight excluding hydrogens is 476 g/mol. The van der Waals surface area contributed by atoms with E-state index in [9.17, 15) is 13.2 Å². The van der Waals surface area contributed by atoms with Crippen molar-refractivity contribution in [1.29, 1.82) is 0 Å². The molecule has 2 unspecified atom stereocenters. The maximum atomic E-state index is 13.7. The van der Waals surface area contributed by atoms with Gasteiger partial charge < -0.3 is 9.80 Å². The van der Waals surface area contributed by atoms with Crippen molar-refractivity contribution in [3.8, 4) is 0 Å². The van der Waals surface area contributed by atoms with Crippen molar-refractivity contribution in [2.45, 2.75) is 64.0 Å². The van der Waals surface area contributed by atoms with Gasteiger partial charge in [-0.05, 0) is 51.4 Å². The number of hydrogen-bond donors (Lipinski definition) is 2. The molecule has 1 saturated heterocycles. The molecule has 0 spiro atoms. The van der Waals surface area contributed by atoms with Crippen molar-refractivity contribution < 1.29 is 8.42 Å². The fraction of sp³-hybridized carbons (Fsp3) is 0.731. The summed E-state index contributed by atoms with van der Waals surface area (Å²) < 4.78 is 29.9. The lowest BCUT2D eigenvalue weighted by molar-refractivity contribution is 0.103. The third kappa shape index (κ3) is 6.98. The Morgan fingerprint density at radius 2 is 1.69 bits per heavy atom. The first kappa shape index (κ1) is 27.3. The van der Waals surface area contributed by atoms with Crippen molar-refractivity contribution in [2.24, 2.45) is 17.0 Å². The minimum absolute atomic E-state index is 0.0166. The molecule has 1 aliphatic heterocycles. The van der Waals surface area contributed by atoms with Gasteiger partial charge in [-0.25, -0.2) is 14.7 Å². The molecule has 2 heterocycles. The van der Waals surface area contributed by atoms with Crippen molar-refractivity contribution in [3.05, 3.63) is 34.7 Å². The number of benzene rings is 1. The van der Waals surface area contributed by atoms with Crippen LogP contribution in [0.25, 0.3) is 11.0 Å². The van der Waals surface area contributed by atoms with Crippen LogP contribution in [0.3, 0.4) is 0 Å². The van der Waals surface area contributed by atoms with Crippen molar-refractivity contribution in [3.63, 3.8) is 0 Å². The number of hydrogen-bond acceptors (Lipinski definition) is 5. The second-order valence-electron chi connectivity index (χ2n) is 11.1. The standard InChI is InChI=1S/C26H44N6O3S/c1-29(2)16-17-31-24-12-8-9-13-25(24)32(26(31)33)23-14-15-30(20-22(23)18-28-36(27,34)35)19-21-10-6-4-3-5-7-11-21/h8-9,12-13,21-23,28H,3-7,10-11,14-20H2,1-2H3,(H2,27,34,35). The Morgan fingerprint density at radius 1 is 1.03 bits per heavy atom. The molecule has 36 heavy (non-hydrogen) atoms. The van der Waals surface area contributed by atoms with E-state index >= 15 is 0 Å². The number of rotatable bonds is 9. The molecule has 3 N–H and O–H groups in total. The summed E-state index contributed by atoms with van der Waals surface area (Å²) in [4.78, 5) is 18.3. The van der Waals surface area contributed by atoms with Crippen LogP contribution in [-0.4, -0.2) is 74.2 Å². The molecule has 1 aliphatic carbocycles. The van der Waals surface area contributed by atoms with Gasteiger partial charge in [0.25, 0.3) is 10.2 Å². The number of aromatic nitrogens is 2. The molecule has 4 rings (SSSR count). The summed E-state index contributed by atoms with van der Waals surface area (Å²) in [7, 11) is 0.195. The predicted molar refractivity (Wildman–Crippen MR) is 145 cm³/mol. The van der Waals surface area contributed by atoms with E-state index < -0.39 is 10.2 Å². The third-order valence-corrected chi connectivity index (χ3v) is 8.61. The lowest BCUT2D eigenvalue weighted by Gasteiger charge is -2.40. The van der Waals surface area contributed by atoms with E-state index in [0.29, 0.717) is 12.5 Å². The quantitative estimate of drug-likeness (QED) is 0.528. The smallest absolute Gasteiger partial charge is 0.308 e. The van der Waals surface area contributed by atoms with Gasteiger partial charge in [0.05, 0.1) is 11.0 Å². The molecule has 2 atom stereocenters. The molecule has 1 saturated carbocycles. The van der Waals surface area contributed by atoms with Crippen LogP contribution in [-0.2, 0) is 16.8 Å². The highest BCUT2D eigenvalue weighted by atomic mass is 32.2. The number of imidazole rings is 1. The van der Waals surface area contributed by atoms with Gasteiger partial charge in [0.1, 0.15) is 0 Å². The minimum atomic E-state index is -3.81. The van der Waals surface area contributed by atoms with Crippen LogP contribution in [0.5, 0.6) is 0 Å². The fourth-order valence-electron chi connectivity index (χ4n) is 6.18. The van der Waals surface area contributed by atoms with Gasteiger partial charge in [-0.15, -0.1) is 0 Å². The Hall–Kier alpha value is -1.72.